The Balaban J connectivity index is 3.26. The van der Waals surface area contributed by atoms with Gasteiger partial charge in [0.2, 0.25) is 5.78 Å². The van der Waals surface area contributed by atoms with Gasteiger partial charge >= 0.3 is 0 Å². The average Bonchev–Trinajstić information content (AvgIpc) is 2.02. The number of Topliss-reactive ketones (excluding diaryl/α,β-unsaturated/α-hetero) is 1. The number of amides is 1. The molecule has 3 N–H and O–H groups in total. The van der Waals surface area contributed by atoms with Gasteiger partial charge in [-0.1, -0.05) is 6.42 Å². The van der Waals surface area contributed by atoms with Gasteiger partial charge in [-0.25, -0.2) is 0 Å². The lowest BCUT2D eigenvalue weighted by Crippen LogP contribution is -2.30. The summed E-state index contributed by atoms with van der Waals surface area (Å²) in [5, 5.41) is 2.53. The lowest BCUT2D eigenvalue weighted by Gasteiger charge is -2.04. The minimum Gasteiger partial charge on any atom is -0.350 e. The first kappa shape index (κ1) is 12.1. The van der Waals surface area contributed by atoms with E-state index in [0.717, 1.165) is 19.3 Å². The van der Waals surface area contributed by atoms with Gasteiger partial charge in [-0.3, -0.25) is 9.59 Å². The van der Waals surface area contributed by atoms with Crippen LogP contribution >= 0.6 is 0 Å². The molecule has 0 radical (unpaired) electrons. The van der Waals surface area contributed by atoms with Crippen molar-refractivity contribution in [1.82, 2.24) is 5.32 Å². The zero-order valence-electron chi connectivity index (χ0n) is 8.30. The fourth-order valence-corrected chi connectivity index (χ4v) is 0.918. The van der Waals surface area contributed by atoms with E-state index in [1.54, 1.807) is 0 Å². The molecule has 1 amide bonds. The molecule has 0 fully saturated rings. The Hall–Kier alpha value is -0.900. The van der Waals surface area contributed by atoms with E-state index in [9.17, 15) is 9.59 Å². The van der Waals surface area contributed by atoms with Crippen molar-refractivity contribution >= 4 is 11.7 Å². The maximum Gasteiger partial charge on any atom is 0.287 e. The lowest BCUT2D eigenvalue weighted by molar-refractivity contribution is -0.136. The van der Waals surface area contributed by atoms with Gasteiger partial charge in [0.1, 0.15) is 0 Å². The third kappa shape index (κ3) is 7.46. The van der Waals surface area contributed by atoms with Crippen LogP contribution in [0.5, 0.6) is 0 Å². The third-order valence-electron chi connectivity index (χ3n) is 1.69. The molecule has 1 atom stereocenters. The van der Waals surface area contributed by atoms with Crippen LogP contribution in [0.15, 0.2) is 0 Å². The fourth-order valence-electron chi connectivity index (χ4n) is 0.918. The molecule has 13 heavy (non-hydrogen) atoms. The number of hydrogen-bond acceptors (Lipinski definition) is 3. The van der Waals surface area contributed by atoms with Crippen LogP contribution in [0, 0.1) is 0 Å². The zero-order chi connectivity index (χ0) is 10.3. The molecule has 0 aliphatic heterocycles. The Morgan fingerprint density at radius 1 is 1.38 bits per heavy atom. The van der Waals surface area contributed by atoms with Crippen molar-refractivity contribution in [3.8, 4) is 0 Å². The number of nitrogens with one attached hydrogen (secondary N) is 1. The molecule has 4 nitrogen and oxygen atoms in total. The molecule has 0 saturated heterocycles. The summed E-state index contributed by atoms with van der Waals surface area (Å²) in [6, 6.07) is 0.212. The van der Waals surface area contributed by atoms with Crippen LogP contribution < -0.4 is 11.1 Å². The van der Waals surface area contributed by atoms with Gasteiger partial charge in [0.15, 0.2) is 0 Å². The molecule has 0 heterocycles. The summed E-state index contributed by atoms with van der Waals surface area (Å²) >= 11 is 0. The van der Waals surface area contributed by atoms with Crippen molar-refractivity contribution in [2.45, 2.75) is 39.2 Å². The molecule has 76 valence electrons. The Labute approximate surface area is 78.9 Å². The van der Waals surface area contributed by atoms with Gasteiger partial charge in [0.25, 0.3) is 5.91 Å². The van der Waals surface area contributed by atoms with Gasteiger partial charge in [-0.05, 0) is 19.8 Å². The second-order valence-electron chi connectivity index (χ2n) is 3.29. The van der Waals surface area contributed by atoms with Gasteiger partial charge in [-0.15, -0.1) is 0 Å². The van der Waals surface area contributed by atoms with Crippen molar-refractivity contribution < 1.29 is 9.59 Å². The Bertz CT molecular complexity index is 178. The summed E-state index contributed by atoms with van der Waals surface area (Å²) in [6.07, 6.45) is 2.81. The van der Waals surface area contributed by atoms with Gasteiger partial charge < -0.3 is 11.1 Å². The van der Waals surface area contributed by atoms with Gasteiger partial charge in [0, 0.05) is 19.5 Å². The molecule has 0 bridgehead atoms. The van der Waals surface area contributed by atoms with Crippen LogP contribution in [-0.4, -0.2) is 24.3 Å². The maximum atomic E-state index is 10.8. The monoisotopic (exact) mass is 186 g/mol. The summed E-state index contributed by atoms with van der Waals surface area (Å²) in [5.41, 5.74) is 5.54. The number of ketones is 1. The molecule has 0 saturated carbocycles. The number of carbonyl (C=O) groups excluding carboxylic acids is 2. The molecule has 0 rings (SSSR count). The van der Waals surface area contributed by atoms with Gasteiger partial charge in [0.05, 0.1) is 0 Å². The van der Waals surface area contributed by atoms with Crippen LogP contribution in [-0.2, 0) is 9.59 Å². The Morgan fingerprint density at radius 3 is 2.46 bits per heavy atom. The number of hydrogen-bond donors (Lipinski definition) is 2. The number of carbonyl (C=O) groups is 2. The van der Waals surface area contributed by atoms with Crippen molar-refractivity contribution in [2.75, 3.05) is 6.54 Å². The van der Waals surface area contributed by atoms with Gasteiger partial charge in [-0.2, -0.15) is 0 Å². The number of rotatable bonds is 6. The lowest BCUT2D eigenvalue weighted by atomic mass is 10.1. The van der Waals surface area contributed by atoms with Crippen molar-refractivity contribution in [3.05, 3.63) is 0 Å². The zero-order valence-corrected chi connectivity index (χ0v) is 8.30. The van der Waals surface area contributed by atoms with Crippen LogP contribution in [0.3, 0.4) is 0 Å². The third-order valence-corrected chi connectivity index (χ3v) is 1.69. The van der Waals surface area contributed by atoms with Crippen molar-refractivity contribution in [3.63, 3.8) is 0 Å². The fraction of sp³-hybridized carbons (Fsp3) is 0.778. The van der Waals surface area contributed by atoms with E-state index >= 15 is 0 Å². The summed E-state index contributed by atoms with van der Waals surface area (Å²) in [4.78, 5) is 21.2. The Kier molecular flexibility index (Phi) is 6.14. The largest absolute Gasteiger partial charge is 0.350 e. The van der Waals surface area contributed by atoms with E-state index in [4.69, 9.17) is 5.73 Å². The van der Waals surface area contributed by atoms with Crippen LogP contribution in [0.4, 0.5) is 0 Å². The van der Waals surface area contributed by atoms with Crippen LogP contribution in [0.2, 0.25) is 0 Å². The van der Waals surface area contributed by atoms with E-state index in [0.29, 0.717) is 6.54 Å². The molecule has 0 aromatic carbocycles. The predicted molar refractivity (Wildman–Crippen MR) is 51.2 cm³/mol. The Morgan fingerprint density at radius 2 is 2.00 bits per heavy atom. The normalized spacial score (nSPS) is 12.2. The molecule has 0 aliphatic rings. The quantitative estimate of drug-likeness (QED) is 0.460. The van der Waals surface area contributed by atoms with Crippen molar-refractivity contribution in [2.24, 2.45) is 5.73 Å². The van der Waals surface area contributed by atoms with Crippen LogP contribution in [0.25, 0.3) is 0 Å². The minimum absolute atomic E-state index is 0.212. The SMILES string of the molecule is CC(=O)C(=O)NCCCCC(C)N. The van der Waals surface area contributed by atoms with E-state index < -0.39 is 11.7 Å². The first-order valence-corrected chi connectivity index (χ1v) is 4.58. The van der Waals surface area contributed by atoms with E-state index in [1.165, 1.54) is 6.92 Å². The average molecular weight is 186 g/mol. The highest BCUT2D eigenvalue weighted by molar-refractivity contribution is 6.35. The first-order valence-electron chi connectivity index (χ1n) is 4.58. The molecular weight excluding hydrogens is 168 g/mol. The molecule has 0 spiro atoms. The van der Waals surface area contributed by atoms with E-state index in [-0.39, 0.29) is 6.04 Å². The smallest absolute Gasteiger partial charge is 0.287 e. The first-order chi connectivity index (χ1) is 6.04. The van der Waals surface area contributed by atoms with E-state index in [2.05, 4.69) is 5.32 Å². The second-order valence-corrected chi connectivity index (χ2v) is 3.29. The molecule has 0 aromatic heterocycles. The standard InChI is InChI=1S/C9H18N2O2/c1-7(10)5-3-4-6-11-9(13)8(2)12/h7H,3-6,10H2,1-2H3,(H,11,13). The number of nitrogens with two attached hydrogens (primary N) is 1. The summed E-state index contributed by atoms with van der Waals surface area (Å²) in [7, 11) is 0. The highest BCUT2D eigenvalue weighted by Crippen LogP contribution is 1.96. The topological polar surface area (TPSA) is 72.2 Å². The molecule has 1 unspecified atom stereocenters. The van der Waals surface area contributed by atoms with E-state index in [1.807, 2.05) is 6.92 Å². The highest BCUT2D eigenvalue weighted by atomic mass is 16.2. The second kappa shape index (κ2) is 6.60. The molecular formula is C9H18N2O2. The predicted octanol–water partition coefficient (Wildman–Crippen LogP) is 0.209. The summed E-state index contributed by atoms with van der Waals surface area (Å²) in [5.74, 6) is -0.937. The minimum atomic E-state index is -0.499. The highest BCUT2D eigenvalue weighted by Gasteiger charge is 2.04. The number of unbranched alkanes of at least 4 members (excludes halogenated alkanes) is 1. The van der Waals surface area contributed by atoms with Crippen molar-refractivity contribution in [1.29, 1.82) is 0 Å². The van der Waals surface area contributed by atoms with Crippen LogP contribution in [0.1, 0.15) is 33.1 Å². The summed E-state index contributed by atoms with van der Waals surface area (Å²) < 4.78 is 0. The molecule has 4 heteroatoms. The molecule has 0 aromatic rings. The maximum absolute atomic E-state index is 10.8. The molecule has 0 aliphatic carbocycles. The summed E-state index contributed by atoms with van der Waals surface area (Å²) in [6.45, 7) is 3.77.